The molecule has 1 saturated heterocycles. The van der Waals surface area contributed by atoms with Gasteiger partial charge in [0.15, 0.2) is 0 Å². The predicted octanol–water partition coefficient (Wildman–Crippen LogP) is 1.87. The largest absolute Gasteiger partial charge is 0.249 e. The first-order chi connectivity index (χ1) is 9.04. The second-order valence-corrected chi connectivity index (χ2v) is 7.63. The zero-order chi connectivity index (χ0) is 13.9. The summed E-state index contributed by atoms with van der Waals surface area (Å²) in [5.74, 6) is 0. The number of pyridine rings is 1. The maximum atomic E-state index is 12.3. The van der Waals surface area contributed by atoms with Gasteiger partial charge in [0.05, 0.1) is 16.3 Å². The van der Waals surface area contributed by atoms with Crippen molar-refractivity contribution in [1.82, 2.24) is 9.29 Å². The number of nitriles is 1. The maximum absolute atomic E-state index is 12.3. The van der Waals surface area contributed by atoms with Gasteiger partial charge in [0.2, 0.25) is 10.0 Å². The van der Waals surface area contributed by atoms with Gasteiger partial charge in [-0.15, -0.1) is 0 Å². The van der Waals surface area contributed by atoms with E-state index in [9.17, 15) is 8.42 Å². The predicted molar refractivity (Wildman–Crippen MR) is 73.2 cm³/mol. The zero-order valence-corrected chi connectivity index (χ0v) is 12.2. The summed E-state index contributed by atoms with van der Waals surface area (Å²) in [5, 5.41) is 9.18. The van der Waals surface area contributed by atoms with Crippen molar-refractivity contribution in [1.29, 1.82) is 5.26 Å². The lowest BCUT2D eigenvalue weighted by molar-refractivity contribution is 0.477. The molecule has 2 rings (SSSR count). The fourth-order valence-corrected chi connectivity index (χ4v) is 4.01. The van der Waals surface area contributed by atoms with Crippen molar-refractivity contribution in [2.24, 2.45) is 0 Å². The number of rotatable bonds is 4. The van der Waals surface area contributed by atoms with Gasteiger partial charge < -0.3 is 0 Å². The number of aromatic nitrogens is 1. The van der Waals surface area contributed by atoms with E-state index in [1.807, 2.05) is 0 Å². The molecule has 0 aliphatic carbocycles. The van der Waals surface area contributed by atoms with Crippen LogP contribution in [0.15, 0.2) is 28.3 Å². The Morgan fingerprint density at radius 2 is 2.11 bits per heavy atom. The summed E-state index contributed by atoms with van der Waals surface area (Å²) < 4.78 is 26.0. The summed E-state index contributed by atoms with van der Waals surface area (Å²) in [7, 11) is -3.39. The first-order valence-corrected chi connectivity index (χ1v) is 8.38. The molecule has 0 radical (unpaired) electrons. The highest BCUT2D eigenvalue weighted by molar-refractivity contribution is 8.00. The van der Waals surface area contributed by atoms with Gasteiger partial charge in [-0.3, -0.25) is 0 Å². The SMILES string of the molecule is C[C@@H](C#N)Sc1ccc(S(=O)(=O)N2CCCC2)cn1. The molecule has 5 nitrogen and oxygen atoms in total. The van der Waals surface area contributed by atoms with Gasteiger partial charge in [-0.25, -0.2) is 13.4 Å². The van der Waals surface area contributed by atoms with Crippen molar-refractivity contribution in [3.8, 4) is 6.07 Å². The van der Waals surface area contributed by atoms with Gasteiger partial charge in [0.25, 0.3) is 0 Å². The van der Waals surface area contributed by atoms with Gasteiger partial charge >= 0.3 is 0 Å². The lowest BCUT2D eigenvalue weighted by Gasteiger charge is -2.15. The average molecular weight is 297 g/mol. The van der Waals surface area contributed by atoms with Gasteiger partial charge in [-0.1, -0.05) is 11.8 Å². The monoisotopic (exact) mass is 297 g/mol. The van der Waals surface area contributed by atoms with Crippen molar-refractivity contribution >= 4 is 21.8 Å². The van der Waals surface area contributed by atoms with E-state index in [4.69, 9.17) is 5.26 Å². The molecular formula is C12H15N3O2S2. The van der Waals surface area contributed by atoms with Crippen LogP contribution in [0.2, 0.25) is 0 Å². The van der Waals surface area contributed by atoms with Crippen molar-refractivity contribution in [2.75, 3.05) is 13.1 Å². The molecule has 7 heteroatoms. The van der Waals surface area contributed by atoms with Crippen LogP contribution in [0.1, 0.15) is 19.8 Å². The molecule has 1 fully saturated rings. The highest BCUT2D eigenvalue weighted by Crippen LogP contribution is 2.24. The smallest absolute Gasteiger partial charge is 0.244 e. The molecule has 0 amide bonds. The first-order valence-electron chi connectivity index (χ1n) is 6.06. The topological polar surface area (TPSA) is 74.1 Å². The second kappa shape index (κ2) is 5.90. The number of hydrogen-bond acceptors (Lipinski definition) is 5. The van der Waals surface area contributed by atoms with Crippen LogP contribution in [0.3, 0.4) is 0 Å². The van der Waals surface area contributed by atoms with Crippen LogP contribution in [-0.4, -0.2) is 36.0 Å². The molecule has 1 aromatic heterocycles. The minimum atomic E-state index is -3.39. The fraction of sp³-hybridized carbons (Fsp3) is 0.500. The Morgan fingerprint density at radius 1 is 1.42 bits per heavy atom. The summed E-state index contributed by atoms with van der Waals surface area (Å²) in [6, 6.07) is 5.32. The third kappa shape index (κ3) is 3.26. The third-order valence-corrected chi connectivity index (χ3v) is 5.72. The number of nitrogens with zero attached hydrogens (tertiary/aromatic N) is 3. The highest BCUT2D eigenvalue weighted by atomic mass is 32.2. The number of thioether (sulfide) groups is 1. The molecule has 1 atom stereocenters. The molecule has 102 valence electrons. The molecule has 1 aliphatic rings. The molecule has 19 heavy (non-hydrogen) atoms. The Labute approximate surface area is 117 Å². The minimum Gasteiger partial charge on any atom is -0.249 e. The Bertz CT molecular complexity index is 572. The normalized spacial score (nSPS) is 18.1. The molecule has 0 N–H and O–H groups in total. The summed E-state index contributed by atoms with van der Waals surface area (Å²) in [5.41, 5.74) is 0. The number of hydrogen-bond donors (Lipinski definition) is 0. The van der Waals surface area contributed by atoms with E-state index in [2.05, 4.69) is 11.1 Å². The van der Waals surface area contributed by atoms with E-state index in [0.29, 0.717) is 18.1 Å². The molecule has 0 spiro atoms. The van der Waals surface area contributed by atoms with Crippen LogP contribution in [0.4, 0.5) is 0 Å². The van der Waals surface area contributed by atoms with Gasteiger partial charge in [-0.05, 0) is 31.9 Å². The van der Waals surface area contributed by atoms with Crippen LogP contribution in [0.25, 0.3) is 0 Å². The summed E-state index contributed by atoms with van der Waals surface area (Å²) in [6.45, 7) is 2.95. The van der Waals surface area contributed by atoms with Crippen molar-refractivity contribution < 1.29 is 8.42 Å². The van der Waals surface area contributed by atoms with E-state index in [1.165, 1.54) is 22.3 Å². The van der Waals surface area contributed by atoms with Crippen LogP contribution in [-0.2, 0) is 10.0 Å². The van der Waals surface area contributed by atoms with Crippen molar-refractivity contribution in [2.45, 2.75) is 34.9 Å². The molecule has 1 aliphatic heterocycles. The lowest BCUT2D eigenvalue weighted by Crippen LogP contribution is -2.27. The Balaban J connectivity index is 2.16. The quantitative estimate of drug-likeness (QED) is 0.793. The lowest BCUT2D eigenvalue weighted by atomic mass is 10.4. The van der Waals surface area contributed by atoms with Crippen LogP contribution < -0.4 is 0 Å². The van der Waals surface area contributed by atoms with Crippen molar-refractivity contribution in [3.63, 3.8) is 0 Å². The molecule has 0 saturated carbocycles. The standard InChI is InChI=1S/C12H15N3O2S2/c1-10(8-13)18-12-5-4-11(9-14-12)19(16,17)15-6-2-3-7-15/h4-5,9-10H,2-3,6-7H2,1H3/t10-/m0/s1. The van der Waals surface area contributed by atoms with E-state index < -0.39 is 10.0 Å². The summed E-state index contributed by atoms with van der Waals surface area (Å²) in [6.07, 6.45) is 3.21. The summed E-state index contributed by atoms with van der Waals surface area (Å²) >= 11 is 1.31. The molecule has 0 aromatic carbocycles. The first kappa shape index (κ1) is 14.3. The van der Waals surface area contributed by atoms with Crippen LogP contribution in [0, 0.1) is 11.3 Å². The third-order valence-electron chi connectivity index (χ3n) is 2.89. The maximum Gasteiger partial charge on any atom is 0.244 e. The van der Waals surface area contributed by atoms with E-state index in [0.717, 1.165) is 12.8 Å². The molecule has 2 heterocycles. The second-order valence-electron chi connectivity index (χ2n) is 4.33. The van der Waals surface area contributed by atoms with Gasteiger partial charge in [0, 0.05) is 19.3 Å². The van der Waals surface area contributed by atoms with Gasteiger partial charge in [0.1, 0.15) is 4.90 Å². The van der Waals surface area contributed by atoms with E-state index >= 15 is 0 Å². The Kier molecular flexibility index (Phi) is 4.45. The zero-order valence-electron chi connectivity index (χ0n) is 10.6. The number of sulfonamides is 1. The van der Waals surface area contributed by atoms with Crippen LogP contribution >= 0.6 is 11.8 Å². The Hall–Kier alpha value is -1.10. The van der Waals surface area contributed by atoms with E-state index in [1.54, 1.807) is 19.1 Å². The molecule has 0 bridgehead atoms. The fourth-order valence-electron chi connectivity index (χ4n) is 1.87. The van der Waals surface area contributed by atoms with Gasteiger partial charge in [-0.2, -0.15) is 9.57 Å². The molecule has 1 aromatic rings. The van der Waals surface area contributed by atoms with Crippen LogP contribution in [0.5, 0.6) is 0 Å². The minimum absolute atomic E-state index is 0.200. The van der Waals surface area contributed by atoms with Crippen molar-refractivity contribution in [3.05, 3.63) is 18.3 Å². The Morgan fingerprint density at radius 3 is 2.63 bits per heavy atom. The van der Waals surface area contributed by atoms with E-state index in [-0.39, 0.29) is 10.1 Å². The highest BCUT2D eigenvalue weighted by Gasteiger charge is 2.27. The average Bonchev–Trinajstić information content (AvgIpc) is 2.94. The summed E-state index contributed by atoms with van der Waals surface area (Å²) in [4.78, 5) is 4.34. The molecular weight excluding hydrogens is 282 g/mol. The molecule has 0 unspecified atom stereocenters.